The summed E-state index contributed by atoms with van der Waals surface area (Å²) < 4.78 is 34.8. The number of nitrogens with two attached hydrogens (primary N) is 1. The largest absolute Gasteiger partial charge is 0.731 e. The van der Waals surface area contributed by atoms with E-state index < -0.39 is 40.1 Å². The molecule has 0 aliphatic carbocycles. The normalized spacial score (nSPS) is 23.0. The van der Waals surface area contributed by atoms with Crippen LogP contribution in [0.1, 0.15) is 16.8 Å². The van der Waals surface area contributed by atoms with Gasteiger partial charge in [0.15, 0.2) is 22.7 Å². The summed E-state index contributed by atoms with van der Waals surface area (Å²) in [7, 11) is -4.85. The molecule has 2 fully saturated rings. The Balaban J connectivity index is 1.73. The number of hydrogen-bond acceptors (Lipinski definition) is 6. The Labute approximate surface area is 137 Å². The van der Waals surface area contributed by atoms with Crippen molar-refractivity contribution in [2.24, 2.45) is 5.73 Å². The van der Waals surface area contributed by atoms with Gasteiger partial charge in [0.25, 0.3) is 17.7 Å². The SMILES string of the molecule is NC(=O)c1ccc[n+](CC(=O)N2CC[C@@H]3[C@H]2C(=O)N3S(=O)(=O)[O-])c1. The van der Waals surface area contributed by atoms with Crippen LogP contribution in [0.5, 0.6) is 0 Å². The molecule has 1 aromatic heterocycles. The number of aromatic nitrogens is 1. The second-order valence-electron chi connectivity index (χ2n) is 5.61. The van der Waals surface area contributed by atoms with Crippen molar-refractivity contribution in [3.05, 3.63) is 30.1 Å². The van der Waals surface area contributed by atoms with Crippen molar-refractivity contribution in [3.63, 3.8) is 0 Å². The van der Waals surface area contributed by atoms with Crippen LogP contribution >= 0.6 is 0 Å². The quantitative estimate of drug-likeness (QED) is 0.355. The number of nitrogens with zero attached hydrogens (tertiary/aromatic N) is 3. The van der Waals surface area contributed by atoms with E-state index in [0.29, 0.717) is 4.31 Å². The van der Waals surface area contributed by atoms with Crippen LogP contribution in [0.2, 0.25) is 0 Å². The van der Waals surface area contributed by atoms with E-state index >= 15 is 0 Å². The summed E-state index contributed by atoms with van der Waals surface area (Å²) in [6.45, 7) is 0.0454. The second-order valence-corrected chi connectivity index (χ2v) is 6.86. The van der Waals surface area contributed by atoms with E-state index in [1.165, 1.54) is 21.7 Å². The number of amides is 3. The first-order chi connectivity index (χ1) is 11.2. The fourth-order valence-corrected chi connectivity index (χ4v) is 3.98. The number of fused-ring (bicyclic) bond motifs is 1. The van der Waals surface area contributed by atoms with Gasteiger partial charge in [-0.1, -0.05) is 0 Å². The molecule has 0 saturated carbocycles. The Bertz CT molecular complexity index is 839. The fraction of sp³-hybridized carbons (Fsp3) is 0.385. The molecule has 0 unspecified atom stereocenters. The van der Waals surface area contributed by atoms with Gasteiger partial charge in [-0.3, -0.25) is 14.4 Å². The average Bonchev–Trinajstić information content (AvgIpc) is 2.84. The van der Waals surface area contributed by atoms with Crippen molar-refractivity contribution in [3.8, 4) is 0 Å². The number of primary amides is 1. The molecule has 2 aliphatic heterocycles. The molecule has 10 nitrogen and oxygen atoms in total. The van der Waals surface area contributed by atoms with Gasteiger partial charge in [0.1, 0.15) is 11.6 Å². The molecule has 2 N–H and O–H groups in total. The summed E-state index contributed by atoms with van der Waals surface area (Å²) in [6, 6.07) is 1.36. The van der Waals surface area contributed by atoms with Crippen LogP contribution in [-0.4, -0.2) is 58.5 Å². The Morgan fingerprint density at radius 3 is 2.75 bits per heavy atom. The monoisotopic (exact) mass is 354 g/mol. The van der Waals surface area contributed by atoms with Crippen molar-refractivity contribution in [2.75, 3.05) is 6.54 Å². The number of likely N-dealkylation sites (tertiary alicyclic amines) is 1. The first-order valence-electron chi connectivity index (χ1n) is 7.07. The maximum atomic E-state index is 12.4. The molecule has 11 heteroatoms. The highest BCUT2D eigenvalue weighted by atomic mass is 32.2. The van der Waals surface area contributed by atoms with Crippen LogP contribution < -0.4 is 10.3 Å². The summed E-state index contributed by atoms with van der Waals surface area (Å²) >= 11 is 0. The van der Waals surface area contributed by atoms with Crippen molar-refractivity contribution in [2.45, 2.75) is 25.0 Å². The third-order valence-electron chi connectivity index (χ3n) is 4.16. The zero-order valence-corrected chi connectivity index (χ0v) is 13.2. The molecule has 128 valence electrons. The Kier molecular flexibility index (Phi) is 3.76. The minimum absolute atomic E-state index is 0.137. The average molecular weight is 354 g/mol. The topological polar surface area (TPSA) is 145 Å². The fourth-order valence-electron chi connectivity index (χ4n) is 3.10. The van der Waals surface area contributed by atoms with Crippen molar-refractivity contribution in [1.29, 1.82) is 0 Å². The summed E-state index contributed by atoms with van der Waals surface area (Å²) in [5.41, 5.74) is 5.40. The van der Waals surface area contributed by atoms with E-state index in [4.69, 9.17) is 5.73 Å². The van der Waals surface area contributed by atoms with Crippen LogP contribution in [0.25, 0.3) is 0 Å². The van der Waals surface area contributed by atoms with Gasteiger partial charge < -0.3 is 15.2 Å². The third kappa shape index (κ3) is 2.61. The minimum atomic E-state index is -4.85. The Morgan fingerprint density at radius 2 is 2.12 bits per heavy atom. The number of pyridine rings is 1. The lowest BCUT2D eigenvalue weighted by Gasteiger charge is -2.45. The maximum Gasteiger partial charge on any atom is 0.289 e. The molecule has 2 saturated heterocycles. The maximum absolute atomic E-state index is 12.4. The van der Waals surface area contributed by atoms with E-state index in [2.05, 4.69) is 0 Å². The highest BCUT2D eigenvalue weighted by Crippen LogP contribution is 2.35. The molecule has 2 atom stereocenters. The van der Waals surface area contributed by atoms with Gasteiger partial charge in [0.2, 0.25) is 6.54 Å². The van der Waals surface area contributed by atoms with Gasteiger partial charge in [-0.05, 0) is 12.5 Å². The summed E-state index contributed by atoms with van der Waals surface area (Å²) in [5.74, 6) is -1.93. The number of hydrogen-bond donors (Lipinski definition) is 1. The highest BCUT2D eigenvalue weighted by Gasteiger charge is 2.58. The number of carbonyl (C=O) groups is 3. The molecule has 3 amide bonds. The van der Waals surface area contributed by atoms with Gasteiger partial charge >= 0.3 is 0 Å². The molecular weight excluding hydrogens is 340 g/mol. The van der Waals surface area contributed by atoms with Gasteiger partial charge in [0.05, 0.1) is 6.04 Å². The first kappa shape index (κ1) is 16.3. The zero-order valence-electron chi connectivity index (χ0n) is 12.4. The second kappa shape index (κ2) is 5.53. The molecule has 0 radical (unpaired) electrons. The molecule has 2 aliphatic rings. The van der Waals surface area contributed by atoms with Gasteiger partial charge in [0, 0.05) is 12.6 Å². The van der Waals surface area contributed by atoms with E-state index in [1.807, 2.05) is 0 Å². The van der Waals surface area contributed by atoms with E-state index in [0.717, 1.165) is 0 Å². The number of carbonyl (C=O) groups excluding carboxylic acids is 3. The number of β-lactam (4-membered cyclic amide) rings is 1. The van der Waals surface area contributed by atoms with Crippen molar-refractivity contribution >= 4 is 28.0 Å². The Morgan fingerprint density at radius 1 is 1.42 bits per heavy atom. The summed E-state index contributed by atoms with van der Waals surface area (Å²) in [6.07, 6.45) is 3.20. The first-order valence-corrected chi connectivity index (χ1v) is 8.44. The highest BCUT2D eigenvalue weighted by molar-refractivity contribution is 7.84. The lowest BCUT2D eigenvalue weighted by Crippen LogP contribution is -2.68. The van der Waals surface area contributed by atoms with Crippen LogP contribution in [0.3, 0.4) is 0 Å². The van der Waals surface area contributed by atoms with E-state index in [9.17, 15) is 27.4 Å². The number of rotatable bonds is 4. The van der Waals surface area contributed by atoms with E-state index in [1.54, 1.807) is 12.3 Å². The third-order valence-corrected chi connectivity index (χ3v) is 5.09. The predicted molar refractivity (Wildman–Crippen MR) is 75.6 cm³/mol. The summed E-state index contributed by atoms with van der Waals surface area (Å²) in [4.78, 5) is 36.7. The Hall–Kier alpha value is -2.53. The molecular formula is C13H14N4O6S. The standard InChI is InChI=1S/C13H14N4O6S/c14-12(19)8-2-1-4-15(6-8)7-10(18)16-5-3-9-11(16)13(20)17(9)24(21,22)23/h1-2,4,6,9,11H,3,5,7H2,(H2-,14,19,21,22,23)/t9-,11+/m1/s1. The van der Waals surface area contributed by atoms with Crippen molar-refractivity contribution in [1.82, 2.24) is 9.21 Å². The lowest BCUT2D eigenvalue weighted by molar-refractivity contribution is -0.685. The van der Waals surface area contributed by atoms with E-state index in [-0.39, 0.29) is 25.1 Å². The zero-order chi connectivity index (χ0) is 17.6. The smallest absolute Gasteiger partial charge is 0.289 e. The molecule has 3 heterocycles. The van der Waals surface area contributed by atoms with Crippen LogP contribution in [0, 0.1) is 0 Å². The molecule has 0 bridgehead atoms. The van der Waals surface area contributed by atoms with Gasteiger partial charge in [-0.25, -0.2) is 12.7 Å². The van der Waals surface area contributed by atoms with Gasteiger partial charge in [-0.15, -0.1) is 0 Å². The van der Waals surface area contributed by atoms with Crippen molar-refractivity contribution < 1.29 is 31.9 Å². The van der Waals surface area contributed by atoms with Crippen LogP contribution in [0.4, 0.5) is 0 Å². The molecule has 24 heavy (non-hydrogen) atoms. The molecule has 1 aromatic rings. The molecule has 0 spiro atoms. The summed E-state index contributed by atoms with van der Waals surface area (Å²) in [5, 5.41) is 0. The molecule has 0 aromatic carbocycles. The lowest BCUT2D eigenvalue weighted by atomic mass is 10.0. The minimum Gasteiger partial charge on any atom is -0.731 e. The predicted octanol–water partition coefficient (Wildman–Crippen LogP) is -2.66. The van der Waals surface area contributed by atoms with Crippen LogP contribution in [0.15, 0.2) is 24.5 Å². The molecule has 3 rings (SSSR count). The van der Waals surface area contributed by atoms with Gasteiger partial charge in [-0.2, -0.15) is 4.57 Å². The van der Waals surface area contributed by atoms with Crippen LogP contribution in [-0.2, 0) is 26.4 Å².